The Hall–Kier alpha value is -3.97. The summed E-state index contributed by atoms with van der Waals surface area (Å²) in [5, 5.41) is 29.2. The van der Waals surface area contributed by atoms with Crippen LogP contribution in [0.5, 0.6) is 5.88 Å². The second kappa shape index (κ2) is 8.88. The van der Waals surface area contributed by atoms with Gasteiger partial charge in [0, 0.05) is 22.6 Å². The summed E-state index contributed by atoms with van der Waals surface area (Å²) >= 11 is 7.17. The Morgan fingerprint density at radius 3 is 2.70 bits per heavy atom. The smallest absolute Gasteiger partial charge is 0.323 e. The van der Waals surface area contributed by atoms with E-state index < -0.39 is 41.4 Å². The highest BCUT2D eigenvalue weighted by Gasteiger charge is 2.26. The molecule has 33 heavy (non-hydrogen) atoms. The number of thiophene rings is 1. The minimum Gasteiger partial charge on any atom is -0.494 e. The summed E-state index contributed by atoms with van der Waals surface area (Å²) in [6.07, 6.45) is 2.19. The highest BCUT2D eigenvalue weighted by atomic mass is 35.5. The van der Waals surface area contributed by atoms with Crippen LogP contribution in [0.2, 0.25) is 4.34 Å². The van der Waals surface area contributed by atoms with E-state index >= 15 is 4.39 Å². The molecule has 0 amide bonds. The van der Waals surface area contributed by atoms with Crippen LogP contribution in [0.25, 0.3) is 11.3 Å². The molecule has 11 nitrogen and oxygen atoms in total. The van der Waals surface area contributed by atoms with Crippen molar-refractivity contribution in [1.82, 2.24) is 19.5 Å². The largest absolute Gasteiger partial charge is 0.494 e. The normalized spacial score (nSPS) is 11.0. The number of nitrogens with zero attached hydrogens (tertiary/aromatic N) is 4. The van der Waals surface area contributed by atoms with Crippen LogP contribution in [0.15, 0.2) is 46.0 Å². The van der Waals surface area contributed by atoms with Gasteiger partial charge in [-0.05, 0) is 12.1 Å². The van der Waals surface area contributed by atoms with Crippen LogP contribution < -0.4 is 10.9 Å². The molecule has 0 spiro atoms. The molecule has 4 heterocycles. The molecule has 170 valence electrons. The van der Waals surface area contributed by atoms with E-state index in [0.29, 0.717) is 8.90 Å². The highest BCUT2D eigenvalue weighted by Crippen LogP contribution is 2.30. The summed E-state index contributed by atoms with van der Waals surface area (Å²) in [5.41, 5.74) is -1.47. The van der Waals surface area contributed by atoms with Crippen molar-refractivity contribution >= 4 is 40.6 Å². The third-order valence-electron chi connectivity index (χ3n) is 4.43. The molecule has 0 unspecified atom stereocenters. The summed E-state index contributed by atoms with van der Waals surface area (Å²) < 4.78 is 21.9. The number of pyridine rings is 1. The number of aromatic nitrogens is 4. The highest BCUT2D eigenvalue weighted by molar-refractivity contribution is 7.16. The van der Waals surface area contributed by atoms with Crippen LogP contribution in [0.3, 0.4) is 0 Å². The minimum absolute atomic E-state index is 0.00834. The summed E-state index contributed by atoms with van der Waals surface area (Å²) in [6.45, 7) is -0.675. The average molecular weight is 494 g/mol. The maximum absolute atomic E-state index is 15.4. The van der Waals surface area contributed by atoms with Gasteiger partial charge in [-0.15, -0.1) is 11.3 Å². The molecule has 4 aromatic heterocycles. The number of rotatable bonds is 7. The van der Waals surface area contributed by atoms with Crippen molar-refractivity contribution in [3.63, 3.8) is 0 Å². The van der Waals surface area contributed by atoms with Gasteiger partial charge in [-0.2, -0.15) is 9.78 Å². The number of carbonyl (C=O) groups is 2. The molecule has 4 aromatic rings. The zero-order valence-corrected chi connectivity index (χ0v) is 17.9. The SMILES string of the molecule is O=C(O)Cn1c(O)cc(-c2nn(C(=O)c3cnoc3)c(NCc3ccc(Cl)s3)c2F)cc1=O. The average Bonchev–Trinajstić information content (AvgIpc) is 3.49. The van der Waals surface area contributed by atoms with Gasteiger partial charge in [-0.1, -0.05) is 16.8 Å². The Balaban J connectivity index is 1.78. The predicted octanol–water partition coefficient (Wildman–Crippen LogP) is 2.64. The molecule has 0 aliphatic carbocycles. The van der Waals surface area contributed by atoms with E-state index in [1.54, 1.807) is 12.1 Å². The molecule has 0 radical (unpaired) electrons. The lowest BCUT2D eigenvalue weighted by molar-refractivity contribution is -0.137. The van der Waals surface area contributed by atoms with E-state index in [4.69, 9.17) is 16.7 Å². The van der Waals surface area contributed by atoms with Crippen LogP contribution >= 0.6 is 22.9 Å². The summed E-state index contributed by atoms with van der Waals surface area (Å²) in [6, 6.07) is 5.28. The van der Waals surface area contributed by atoms with Gasteiger partial charge in [0.1, 0.15) is 24.1 Å². The van der Waals surface area contributed by atoms with Crippen LogP contribution in [0, 0.1) is 5.82 Å². The molecular weight excluding hydrogens is 481 g/mol. The molecule has 14 heteroatoms. The number of halogens is 2. The fourth-order valence-corrected chi connectivity index (χ4v) is 3.97. The number of carbonyl (C=O) groups excluding carboxylic acids is 1. The Kier molecular flexibility index (Phi) is 5.98. The summed E-state index contributed by atoms with van der Waals surface area (Å²) in [5.74, 6) is -4.11. The van der Waals surface area contributed by atoms with Gasteiger partial charge in [-0.3, -0.25) is 19.0 Å². The van der Waals surface area contributed by atoms with Crippen molar-refractivity contribution in [3.05, 3.63) is 67.7 Å². The van der Waals surface area contributed by atoms with Gasteiger partial charge in [0.25, 0.3) is 11.5 Å². The molecule has 0 fully saturated rings. The van der Waals surface area contributed by atoms with Gasteiger partial charge in [0.15, 0.2) is 17.5 Å². The number of nitrogens with one attached hydrogen (secondary N) is 1. The zero-order chi connectivity index (χ0) is 23.7. The second-order valence-electron chi connectivity index (χ2n) is 6.62. The van der Waals surface area contributed by atoms with E-state index in [0.717, 1.165) is 34.2 Å². The molecule has 0 aliphatic rings. The molecule has 0 aromatic carbocycles. The first-order valence-electron chi connectivity index (χ1n) is 9.11. The van der Waals surface area contributed by atoms with Crippen LogP contribution in [-0.2, 0) is 17.9 Å². The van der Waals surface area contributed by atoms with Crippen LogP contribution in [0.4, 0.5) is 10.2 Å². The number of carboxylic acid groups (broad SMARTS) is 1. The Morgan fingerprint density at radius 1 is 1.30 bits per heavy atom. The minimum atomic E-state index is -1.35. The van der Waals surface area contributed by atoms with Gasteiger partial charge in [-0.25, -0.2) is 4.39 Å². The third-order valence-corrected chi connectivity index (χ3v) is 5.66. The standard InChI is InChI=1S/C19H13ClFN5O6S/c20-12-2-1-11(33-12)6-22-18-16(21)17(24-26(18)19(31)10-5-23-32-8-10)9-3-13(27)25(7-15(29)30)14(28)4-9/h1-5,8,22,27H,6-7H2,(H,29,30). The molecule has 0 bridgehead atoms. The first-order chi connectivity index (χ1) is 15.7. The number of aliphatic carboxylic acids is 1. The molecule has 0 aliphatic heterocycles. The number of aromatic hydroxyl groups is 1. The lowest BCUT2D eigenvalue weighted by Crippen LogP contribution is -2.23. The van der Waals surface area contributed by atoms with Gasteiger partial charge in [0.2, 0.25) is 0 Å². The molecule has 4 rings (SSSR count). The first-order valence-corrected chi connectivity index (χ1v) is 10.3. The Morgan fingerprint density at radius 2 is 2.09 bits per heavy atom. The van der Waals surface area contributed by atoms with E-state index in [2.05, 4.69) is 20.1 Å². The van der Waals surface area contributed by atoms with E-state index in [1.165, 1.54) is 11.3 Å². The zero-order valence-electron chi connectivity index (χ0n) is 16.4. The van der Waals surface area contributed by atoms with Crippen molar-refractivity contribution in [2.45, 2.75) is 13.1 Å². The fraction of sp³-hybridized carbons (Fsp3) is 0.105. The topological polar surface area (TPSA) is 152 Å². The molecule has 0 atom stereocenters. The summed E-state index contributed by atoms with van der Waals surface area (Å²) in [4.78, 5) is 36.8. The fourth-order valence-electron chi connectivity index (χ4n) is 2.95. The van der Waals surface area contributed by atoms with E-state index in [-0.39, 0.29) is 23.5 Å². The number of hydrogen-bond acceptors (Lipinski definition) is 9. The van der Waals surface area contributed by atoms with Crippen molar-refractivity contribution < 1.29 is 28.7 Å². The van der Waals surface area contributed by atoms with Crippen molar-refractivity contribution in [3.8, 4) is 17.1 Å². The lowest BCUT2D eigenvalue weighted by Gasteiger charge is -2.07. The first kappa shape index (κ1) is 22.2. The van der Waals surface area contributed by atoms with E-state index in [9.17, 15) is 19.5 Å². The number of carboxylic acids is 1. The third kappa shape index (κ3) is 4.49. The Labute approximate surface area is 192 Å². The molecular formula is C19H13ClFN5O6S. The maximum atomic E-state index is 15.4. The van der Waals surface area contributed by atoms with Crippen molar-refractivity contribution in [2.75, 3.05) is 5.32 Å². The van der Waals surface area contributed by atoms with Crippen molar-refractivity contribution in [1.29, 1.82) is 0 Å². The summed E-state index contributed by atoms with van der Waals surface area (Å²) in [7, 11) is 0. The Bertz CT molecular complexity index is 1410. The van der Waals surface area contributed by atoms with Gasteiger partial charge < -0.3 is 20.1 Å². The van der Waals surface area contributed by atoms with Crippen molar-refractivity contribution in [2.24, 2.45) is 0 Å². The van der Waals surface area contributed by atoms with Crippen LogP contribution in [0.1, 0.15) is 15.2 Å². The number of hydrogen-bond donors (Lipinski definition) is 3. The van der Waals surface area contributed by atoms with E-state index in [1.807, 2.05) is 0 Å². The molecule has 0 saturated heterocycles. The quantitative estimate of drug-likeness (QED) is 0.352. The lowest BCUT2D eigenvalue weighted by atomic mass is 10.2. The van der Waals surface area contributed by atoms with Crippen LogP contribution in [-0.4, -0.2) is 41.6 Å². The maximum Gasteiger partial charge on any atom is 0.323 e. The number of anilines is 1. The van der Waals surface area contributed by atoms with Gasteiger partial charge >= 0.3 is 5.97 Å². The second-order valence-corrected chi connectivity index (χ2v) is 8.42. The predicted molar refractivity (Wildman–Crippen MR) is 114 cm³/mol. The molecule has 3 N–H and O–H groups in total. The molecule has 0 saturated carbocycles. The van der Waals surface area contributed by atoms with Gasteiger partial charge in [0.05, 0.1) is 17.1 Å². The monoisotopic (exact) mass is 493 g/mol.